The van der Waals surface area contributed by atoms with E-state index < -0.39 is 21.7 Å². The molecular formula is C23H16F3IN2O2S. The topological polar surface area (TPSA) is 52.0 Å². The van der Waals surface area contributed by atoms with Crippen molar-refractivity contribution in [2.24, 2.45) is 0 Å². The Labute approximate surface area is 196 Å². The largest absolute Gasteiger partial charge is 0.435 e. The van der Waals surface area contributed by atoms with Crippen molar-refractivity contribution in [3.8, 4) is 28.1 Å². The highest BCUT2D eigenvalue weighted by Gasteiger charge is 2.40. The summed E-state index contributed by atoms with van der Waals surface area (Å²) >= 11 is 2.11. The molecule has 4 aromatic rings. The summed E-state index contributed by atoms with van der Waals surface area (Å²) in [7, 11) is -3.45. The molecule has 0 bridgehead atoms. The van der Waals surface area contributed by atoms with Crippen LogP contribution in [-0.4, -0.2) is 24.5 Å². The minimum atomic E-state index is -4.69. The second-order valence-electron chi connectivity index (χ2n) is 7.12. The Hall–Kier alpha value is -2.66. The van der Waals surface area contributed by atoms with Gasteiger partial charge in [-0.25, -0.2) is 13.1 Å². The first-order chi connectivity index (χ1) is 15.1. The van der Waals surface area contributed by atoms with Crippen LogP contribution in [0.4, 0.5) is 13.2 Å². The van der Waals surface area contributed by atoms with E-state index in [0.717, 1.165) is 9.83 Å². The molecule has 1 heterocycles. The highest BCUT2D eigenvalue weighted by Crippen LogP contribution is 2.43. The van der Waals surface area contributed by atoms with Gasteiger partial charge in [-0.15, -0.1) is 0 Å². The summed E-state index contributed by atoms with van der Waals surface area (Å²) in [5.41, 5.74) is 0.384. The van der Waals surface area contributed by atoms with Gasteiger partial charge in [-0.3, -0.25) is 0 Å². The van der Waals surface area contributed by atoms with E-state index in [1.807, 2.05) is 0 Å². The van der Waals surface area contributed by atoms with Crippen molar-refractivity contribution >= 4 is 32.4 Å². The third-order valence-corrected chi connectivity index (χ3v) is 6.69. The van der Waals surface area contributed by atoms with Crippen LogP contribution in [0.1, 0.15) is 5.69 Å². The van der Waals surface area contributed by atoms with Crippen LogP contribution in [0.5, 0.6) is 0 Å². The molecule has 164 valence electrons. The number of rotatable bonds is 4. The first-order valence-electron chi connectivity index (χ1n) is 9.38. The first kappa shape index (κ1) is 22.5. The molecular weight excluding hydrogens is 552 g/mol. The maximum Gasteiger partial charge on any atom is 0.435 e. The van der Waals surface area contributed by atoms with Gasteiger partial charge in [-0.05, 0) is 64.6 Å². The first-order valence-corrected chi connectivity index (χ1v) is 12.3. The number of nitrogens with zero attached hydrogens (tertiary/aromatic N) is 2. The second-order valence-corrected chi connectivity index (χ2v) is 10.4. The predicted octanol–water partition coefficient (Wildman–Crippen LogP) is 6.23. The van der Waals surface area contributed by atoms with Gasteiger partial charge in [0.25, 0.3) is 0 Å². The lowest BCUT2D eigenvalue weighted by Gasteiger charge is -2.12. The van der Waals surface area contributed by atoms with E-state index in [9.17, 15) is 21.6 Å². The molecule has 0 N–H and O–H groups in total. The fourth-order valence-electron chi connectivity index (χ4n) is 3.39. The summed E-state index contributed by atoms with van der Waals surface area (Å²) in [5.74, 6) is 0. The Morgan fingerprint density at radius 3 is 1.97 bits per heavy atom. The van der Waals surface area contributed by atoms with Crippen molar-refractivity contribution in [3.05, 3.63) is 88.1 Å². The Morgan fingerprint density at radius 1 is 0.844 bits per heavy atom. The van der Waals surface area contributed by atoms with E-state index >= 15 is 0 Å². The molecule has 3 aromatic carbocycles. The maximum atomic E-state index is 14.1. The molecule has 0 amide bonds. The van der Waals surface area contributed by atoms with Gasteiger partial charge in [0.2, 0.25) is 0 Å². The van der Waals surface area contributed by atoms with Gasteiger partial charge in [-0.2, -0.15) is 18.3 Å². The third-order valence-electron chi connectivity index (χ3n) is 4.84. The average molecular weight is 568 g/mol. The molecule has 0 radical (unpaired) electrons. The van der Waals surface area contributed by atoms with Crippen LogP contribution >= 0.6 is 22.6 Å². The third kappa shape index (κ3) is 4.44. The standard InChI is InChI=1S/C23H16F3IN2O2S/c1-32(30,31)19-13-7-16(8-14-19)21-20(15-5-3-2-4-6-15)22(23(24,25)26)28-29(21)18-11-9-17(27)10-12-18/h2-14H,1H3. The Balaban J connectivity index is 2.07. The minimum Gasteiger partial charge on any atom is -0.232 e. The van der Waals surface area contributed by atoms with Crippen molar-refractivity contribution in [2.75, 3.05) is 6.26 Å². The molecule has 4 rings (SSSR count). The van der Waals surface area contributed by atoms with Crippen LogP contribution in [0.15, 0.2) is 83.8 Å². The van der Waals surface area contributed by atoms with Crippen LogP contribution in [-0.2, 0) is 16.0 Å². The molecule has 0 saturated heterocycles. The zero-order chi connectivity index (χ0) is 23.1. The smallest absolute Gasteiger partial charge is 0.232 e. The Bertz CT molecular complexity index is 1360. The minimum absolute atomic E-state index is 0.0660. The van der Waals surface area contributed by atoms with Gasteiger partial charge >= 0.3 is 6.18 Å². The molecule has 0 saturated carbocycles. The van der Waals surface area contributed by atoms with Crippen molar-refractivity contribution < 1.29 is 21.6 Å². The van der Waals surface area contributed by atoms with E-state index in [1.165, 1.54) is 28.9 Å². The highest BCUT2D eigenvalue weighted by atomic mass is 127. The van der Waals surface area contributed by atoms with Crippen molar-refractivity contribution in [1.29, 1.82) is 0 Å². The maximum absolute atomic E-state index is 14.1. The quantitative estimate of drug-likeness (QED) is 0.274. The van der Waals surface area contributed by atoms with E-state index in [0.29, 0.717) is 16.8 Å². The summed E-state index contributed by atoms with van der Waals surface area (Å²) in [4.78, 5) is 0.0823. The van der Waals surface area contributed by atoms with Crippen molar-refractivity contribution in [2.45, 2.75) is 11.1 Å². The zero-order valence-electron chi connectivity index (χ0n) is 16.6. The van der Waals surface area contributed by atoms with Crippen LogP contribution in [0, 0.1) is 3.57 Å². The van der Waals surface area contributed by atoms with Crippen LogP contribution in [0.25, 0.3) is 28.1 Å². The number of sulfone groups is 1. The van der Waals surface area contributed by atoms with Gasteiger partial charge in [-0.1, -0.05) is 42.5 Å². The molecule has 0 aliphatic heterocycles. The molecule has 0 aliphatic rings. The normalized spacial score (nSPS) is 12.2. The van der Waals surface area contributed by atoms with Gasteiger partial charge in [0.05, 0.1) is 16.3 Å². The summed E-state index contributed by atoms with van der Waals surface area (Å²) in [6.07, 6.45) is -3.62. The number of benzene rings is 3. The molecule has 0 atom stereocenters. The SMILES string of the molecule is CS(=O)(=O)c1ccc(-c2c(-c3ccccc3)c(C(F)(F)F)nn2-c2ccc(I)cc2)cc1. The van der Waals surface area contributed by atoms with Gasteiger partial charge in [0.1, 0.15) is 0 Å². The summed E-state index contributed by atoms with van der Waals surface area (Å²) in [6, 6.07) is 21.0. The fourth-order valence-corrected chi connectivity index (χ4v) is 4.38. The fraction of sp³-hybridized carbons (Fsp3) is 0.0870. The molecule has 32 heavy (non-hydrogen) atoms. The molecule has 0 aliphatic carbocycles. The lowest BCUT2D eigenvalue weighted by atomic mass is 9.98. The van der Waals surface area contributed by atoms with Crippen LogP contribution < -0.4 is 0 Å². The molecule has 1 aromatic heterocycles. The van der Waals surface area contributed by atoms with Gasteiger partial charge < -0.3 is 0 Å². The van der Waals surface area contributed by atoms with E-state index in [-0.39, 0.29) is 16.2 Å². The number of hydrogen-bond donors (Lipinski definition) is 0. The predicted molar refractivity (Wildman–Crippen MR) is 125 cm³/mol. The summed E-state index contributed by atoms with van der Waals surface area (Å²) in [6.45, 7) is 0. The monoisotopic (exact) mass is 568 g/mol. The zero-order valence-corrected chi connectivity index (χ0v) is 19.6. The Morgan fingerprint density at radius 2 is 1.44 bits per heavy atom. The highest BCUT2D eigenvalue weighted by molar-refractivity contribution is 14.1. The van der Waals surface area contributed by atoms with Gasteiger partial charge in [0.15, 0.2) is 15.5 Å². The molecule has 9 heteroatoms. The van der Waals surface area contributed by atoms with Gasteiger partial charge in [0, 0.05) is 21.0 Å². The summed E-state index contributed by atoms with van der Waals surface area (Å²) < 4.78 is 68.2. The van der Waals surface area contributed by atoms with Crippen LogP contribution in [0.3, 0.4) is 0 Å². The van der Waals surface area contributed by atoms with Crippen LogP contribution in [0.2, 0.25) is 0 Å². The van der Waals surface area contributed by atoms with Crippen molar-refractivity contribution in [3.63, 3.8) is 0 Å². The lowest BCUT2D eigenvalue weighted by molar-refractivity contribution is -0.140. The lowest BCUT2D eigenvalue weighted by Crippen LogP contribution is -2.08. The molecule has 0 fully saturated rings. The van der Waals surface area contributed by atoms with E-state index in [1.54, 1.807) is 54.6 Å². The Kier molecular flexibility index (Phi) is 5.89. The number of alkyl halides is 3. The molecule has 0 spiro atoms. The van der Waals surface area contributed by atoms with E-state index in [2.05, 4.69) is 27.7 Å². The molecule has 4 nitrogen and oxygen atoms in total. The average Bonchev–Trinajstić information content (AvgIpc) is 3.15. The molecule has 0 unspecified atom stereocenters. The second kappa shape index (κ2) is 8.36. The number of aromatic nitrogens is 2. The van der Waals surface area contributed by atoms with E-state index in [4.69, 9.17) is 0 Å². The summed E-state index contributed by atoms with van der Waals surface area (Å²) in [5, 5.41) is 3.98. The number of hydrogen-bond acceptors (Lipinski definition) is 3. The number of halogens is 4. The van der Waals surface area contributed by atoms with Crippen molar-refractivity contribution in [1.82, 2.24) is 9.78 Å².